The first-order chi connectivity index (χ1) is 12.1. The molecule has 2 fully saturated rings. The fourth-order valence-corrected chi connectivity index (χ4v) is 3.59. The number of nitrogens with zero attached hydrogens (tertiary/aromatic N) is 3. The molecule has 0 saturated carbocycles. The van der Waals surface area contributed by atoms with E-state index in [1.807, 2.05) is 29.2 Å². The summed E-state index contributed by atoms with van der Waals surface area (Å²) in [5, 5.41) is 0. The molecule has 0 aromatic heterocycles. The molecule has 0 N–H and O–H groups in total. The Labute approximate surface area is 149 Å². The summed E-state index contributed by atoms with van der Waals surface area (Å²) in [6.07, 6.45) is 2.81. The van der Waals surface area contributed by atoms with E-state index in [-0.39, 0.29) is 17.9 Å². The van der Waals surface area contributed by atoms with E-state index < -0.39 is 0 Å². The molecule has 0 spiro atoms. The molecule has 0 bridgehead atoms. The molecular weight excluding hydrogens is 314 g/mol. The molecule has 25 heavy (non-hydrogen) atoms. The van der Waals surface area contributed by atoms with E-state index >= 15 is 0 Å². The van der Waals surface area contributed by atoms with E-state index in [0.717, 1.165) is 44.0 Å². The highest BCUT2D eigenvalue weighted by molar-refractivity contribution is 6.03. The number of rotatable bonds is 4. The lowest BCUT2D eigenvalue weighted by Gasteiger charge is -2.36. The minimum Gasteiger partial charge on any atom is -0.338 e. The van der Waals surface area contributed by atoms with Gasteiger partial charge in [-0.25, -0.2) is 0 Å². The number of hydrogen-bond acceptors (Lipinski definition) is 3. The number of amides is 2. The lowest BCUT2D eigenvalue weighted by molar-refractivity contribution is -0.134. The molecule has 3 rings (SSSR count). The third-order valence-electron chi connectivity index (χ3n) is 5.07. The lowest BCUT2D eigenvalue weighted by Crippen LogP contribution is -2.54. The molecule has 0 radical (unpaired) electrons. The van der Waals surface area contributed by atoms with Gasteiger partial charge in [0.05, 0.1) is 0 Å². The van der Waals surface area contributed by atoms with Gasteiger partial charge in [0.1, 0.15) is 6.04 Å². The van der Waals surface area contributed by atoms with E-state index in [9.17, 15) is 9.59 Å². The van der Waals surface area contributed by atoms with Gasteiger partial charge in [-0.2, -0.15) is 0 Å². The third-order valence-corrected chi connectivity index (χ3v) is 5.07. The zero-order valence-corrected chi connectivity index (χ0v) is 14.8. The van der Waals surface area contributed by atoms with Crippen LogP contribution in [0.3, 0.4) is 0 Å². The smallest absolute Gasteiger partial charge is 0.245 e. The summed E-state index contributed by atoms with van der Waals surface area (Å²) in [7, 11) is 0. The Morgan fingerprint density at radius 2 is 1.92 bits per heavy atom. The number of benzene rings is 1. The van der Waals surface area contributed by atoms with Gasteiger partial charge in [-0.1, -0.05) is 25.6 Å². The van der Waals surface area contributed by atoms with Crippen molar-refractivity contribution >= 4 is 23.6 Å². The van der Waals surface area contributed by atoms with Gasteiger partial charge in [-0.15, -0.1) is 5.73 Å². The first-order valence-electron chi connectivity index (χ1n) is 8.93. The largest absolute Gasteiger partial charge is 0.338 e. The number of likely N-dealkylation sites (N-methyl/N-ethyl adjacent to an activating group) is 1. The van der Waals surface area contributed by atoms with E-state index in [2.05, 4.69) is 24.1 Å². The predicted molar refractivity (Wildman–Crippen MR) is 99.2 cm³/mol. The lowest BCUT2D eigenvalue weighted by atomic mass is 10.1. The van der Waals surface area contributed by atoms with Crippen molar-refractivity contribution in [3.05, 3.63) is 42.1 Å². The zero-order valence-electron chi connectivity index (χ0n) is 14.8. The van der Waals surface area contributed by atoms with Crippen LogP contribution in [-0.4, -0.2) is 60.4 Å². The summed E-state index contributed by atoms with van der Waals surface area (Å²) in [6, 6.07) is 7.24. The topological polar surface area (TPSA) is 43.9 Å². The van der Waals surface area contributed by atoms with Gasteiger partial charge >= 0.3 is 0 Å². The Hall–Kier alpha value is -2.36. The van der Waals surface area contributed by atoms with Gasteiger partial charge in [0.2, 0.25) is 11.8 Å². The number of piperazine rings is 1. The third kappa shape index (κ3) is 3.68. The highest BCUT2D eigenvalue weighted by atomic mass is 16.2. The van der Waals surface area contributed by atoms with Crippen molar-refractivity contribution in [1.29, 1.82) is 0 Å². The summed E-state index contributed by atoms with van der Waals surface area (Å²) < 4.78 is 0. The Morgan fingerprint density at radius 3 is 2.52 bits per heavy atom. The van der Waals surface area contributed by atoms with Crippen LogP contribution < -0.4 is 4.90 Å². The highest BCUT2D eigenvalue weighted by Crippen LogP contribution is 2.28. The van der Waals surface area contributed by atoms with Crippen LogP contribution >= 0.6 is 0 Å². The van der Waals surface area contributed by atoms with Crippen LogP contribution in [0.25, 0.3) is 6.08 Å². The number of anilines is 1. The van der Waals surface area contributed by atoms with Crippen LogP contribution in [-0.2, 0) is 9.59 Å². The van der Waals surface area contributed by atoms with Gasteiger partial charge < -0.3 is 9.80 Å². The van der Waals surface area contributed by atoms with Gasteiger partial charge in [-0.05, 0) is 36.7 Å². The van der Waals surface area contributed by atoms with Crippen LogP contribution in [0.15, 0.2) is 36.6 Å². The summed E-state index contributed by atoms with van der Waals surface area (Å²) >= 11 is 0. The second-order valence-corrected chi connectivity index (χ2v) is 6.52. The maximum Gasteiger partial charge on any atom is 0.245 e. The van der Waals surface area contributed by atoms with E-state index in [4.69, 9.17) is 0 Å². The Morgan fingerprint density at radius 1 is 1.24 bits per heavy atom. The second kappa shape index (κ2) is 7.68. The average Bonchev–Trinajstić information content (AvgIpc) is 3.03. The molecule has 1 unspecified atom stereocenters. The monoisotopic (exact) mass is 339 g/mol. The summed E-state index contributed by atoms with van der Waals surface area (Å²) in [4.78, 5) is 31.3. The molecule has 2 aliphatic heterocycles. The van der Waals surface area contributed by atoms with E-state index in [1.54, 1.807) is 11.0 Å². The number of carbonyl (C=O) groups excluding carboxylic acids is 2. The van der Waals surface area contributed by atoms with Crippen LogP contribution in [0.5, 0.6) is 0 Å². The normalized spacial score (nSPS) is 21.3. The molecule has 1 aromatic carbocycles. The van der Waals surface area contributed by atoms with Crippen LogP contribution in [0.1, 0.15) is 25.3 Å². The molecule has 1 aromatic rings. The van der Waals surface area contributed by atoms with Crippen molar-refractivity contribution in [2.45, 2.75) is 25.8 Å². The SMILES string of the molecule is C=C=Cc1ccc(N2C(=O)CCC2C(=O)N2CCN(CC)CC2)cc1. The van der Waals surface area contributed by atoms with Crippen LogP contribution in [0, 0.1) is 0 Å². The molecule has 2 heterocycles. The fraction of sp³-hybridized carbons (Fsp3) is 0.450. The maximum absolute atomic E-state index is 13.0. The molecule has 2 aliphatic rings. The Kier molecular flexibility index (Phi) is 5.37. The summed E-state index contributed by atoms with van der Waals surface area (Å²) in [5.74, 6) is 0.106. The molecule has 5 nitrogen and oxygen atoms in total. The standard InChI is InChI=1S/C20H25N3O2/c1-3-5-16-6-8-17(9-7-16)23-18(10-11-19(23)24)20(25)22-14-12-21(4-2)13-15-22/h5-9,18H,1,4,10-15H2,2H3. The molecule has 1 atom stereocenters. The summed E-state index contributed by atoms with van der Waals surface area (Å²) in [5.41, 5.74) is 4.50. The van der Waals surface area contributed by atoms with Gasteiger partial charge in [0.25, 0.3) is 0 Å². The highest BCUT2D eigenvalue weighted by Gasteiger charge is 2.39. The second-order valence-electron chi connectivity index (χ2n) is 6.52. The van der Waals surface area contributed by atoms with Gasteiger partial charge in [-0.3, -0.25) is 14.5 Å². The predicted octanol–water partition coefficient (Wildman–Crippen LogP) is 2.14. The quantitative estimate of drug-likeness (QED) is 0.790. The van der Waals surface area contributed by atoms with Crippen molar-refractivity contribution < 1.29 is 9.59 Å². The molecule has 0 aliphatic carbocycles. The molecule has 2 saturated heterocycles. The Balaban J connectivity index is 1.75. The van der Waals surface area contributed by atoms with Crippen molar-refractivity contribution in [3.8, 4) is 0 Å². The molecular formula is C20H25N3O2. The minimum absolute atomic E-state index is 0.0255. The van der Waals surface area contributed by atoms with Gasteiger partial charge in [0.15, 0.2) is 0 Å². The molecule has 5 heteroatoms. The van der Waals surface area contributed by atoms with Crippen LogP contribution in [0.2, 0.25) is 0 Å². The first kappa shape index (κ1) is 17.5. The van der Waals surface area contributed by atoms with Crippen molar-refractivity contribution in [2.75, 3.05) is 37.6 Å². The average molecular weight is 339 g/mol. The number of carbonyl (C=O) groups is 2. The maximum atomic E-state index is 13.0. The fourth-order valence-electron chi connectivity index (χ4n) is 3.59. The first-order valence-corrected chi connectivity index (χ1v) is 8.93. The minimum atomic E-state index is -0.374. The molecule has 132 valence electrons. The van der Waals surface area contributed by atoms with Gasteiger partial charge in [0, 0.05) is 38.3 Å². The zero-order chi connectivity index (χ0) is 17.8. The van der Waals surface area contributed by atoms with E-state index in [0.29, 0.717) is 12.8 Å². The Bertz CT molecular complexity index is 683. The number of hydrogen-bond donors (Lipinski definition) is 0. The summed E-state index contributed by atoms with van der Waals surface area (Å²) in [6.45, 7) is 10.0. The van der Waals surface area contributed by atoms with Crippen molar-refractivity contribution in [1.82, 2.24) is 9.80 Å². The molecule has 2 amide bonds. The van der Waals surface area contributed by atoms with Crippen LogP contribution in [0.4, 0.5) is 5.69 Å². The van der Waals surface area contributed by atoms with Crippen molar-refractivity contribution in [3.63, 3.8) is 0 Å². The van der Waals surface area contributed by atoms with E-state index in [1.165, 1.54) is 0 Å². The van der Waals surface area contributed by atoms with Crippen molar-refractivity contribution in [2.24, 2.45) is 0 Å².